The zero-order chi connectivity index (χ0) is 27.1. The van der Waals surface area contributed by atoms with E-state index in [1.165, 1.54) is 16.0 Å². The number of methoxy groups -OCH3 is 2. The quantitative estimate of drug-likeness (QED) is 0.306. The Morgan fingerprint density at radius 3 is 2.03 bits per heavy atom. The van der Waals surface area contributed by atoms with Crippen LogP contribution in [0.3, 0.4) is 0 Å². The predicted molar refractivity (Wildman–Crippen MR) is 143 cm³/mol. The number of ether oxygens (including phenoxy) is 4. The third-order valence-electron chi connectivity index (χ3n) is 6.68. The highest BCUT2D eigenvalue weighted by molar-refractivity contribution is 5.79. The summed E-state index contributed by atoms with van der Waals surface area (Å²) in [6.45, 7) is 0.820. The van der Waals surface area contributed by atoms with Gasteiger partial charge in [-0.2, -0.15) is 0 Å². The molecule has 0 atom stereocenters. The smallest absolute Gasteiger partial charge is 0.409 e. The Morgan fingerprint density at radius 1 is 0.895 bits per heavy atom. The molecule has 200 valence electrons. The summed E-state index contributed by atoms with van der Waals surface area (Å²) in [5.41, 5.74) is 5.36. The molecule has 0 saturated heterocycles. The van der Waals surface area contributed by atoms with Gasteiger partial charge in [0.1, 0.15) is 23.9 Å². The van der Waals surface area contributed by atoms with Crippen LogP contribution in [0.15, 0.2) is 60.7 Å². The molecule has 0 spiro atoms. The zero-order valence-electron chi connectivity index (χ0n) is 21.9. The van der Waals surface area contributed by atoms with Gasteiger partial charge in [0, 0.05) is 31.5 Å². The largest absolute Gasteiger partial charge is 0.496 e. The zero-order valence-corrected chi connectivity index (χ0v) is 21.9. The van der Waals surface area contributed by atoms with Crippen LogP contribution in [0.25, 0.3) is 11.1 Å². The third kappa shape index (κ3) is 6.02. The lowest BCUT2D eigenvalue weighted by atomic mass is 9.98. The first-order chi connectivity index (χ1) is 18.4. The van der Waals surface area contributed by atoms with Crippen LogP contribution in [-0.4, -0.2) is 56.6 Å². The van der Waals surface area contributed by atoms with Gasteiger partial charge >= 0.3 is 12.1 Å². The van der Waals surface area contributed by atoms with Crippen molar-refractivity contribution in [3.05, 3.63) is 77.4 Å². The predicted octanol–water partition coefficient (Wildman–Crippen LogP) is 5.72. The SMILES string of the molecule is COc1cc(OCCCCC(=O)O)cc(OC)c1CN(C)C(=O)OCC1c2ccccc2-c2ccccc21. The summed E-state index contributed by atoms with van der Waals surface area (Å²) in [4.78, 5) is 25.2. The fourth-order valence-electron chi connectivity index (χ4n) is 4.77. The van der Waals surface area contributed by atoms with Crippen molar-refractivity contribution in [1.82, 2.24) is 4.90 Å². The van der Waals surface area contributed by atoms with Crippen LogP contribution < -0.4 is 14.2 Å². The van der Waals surface area contributed by atoms with Gasteiger partial charge in [0.05, 0.1) is 32.9 Å². The van der Waals surface area contributed by atoms with Crippen molar-refractivity contribution in [1.29, 1.82) is 0 Å². The Balaban J connectivity index is 1.40. The highest BCUT2D eigenvalue weighted by Gasteiger charge is 2.29. The van der Waals surface area contributed by atoms with E-state index in [0.717, 1.165) is 11.1 Å². The number of unbranched alkanes of at least 4 members (excludes halogenated alkanes) is 1. The molecule has 0 aromatic heterocycles. The fourth-order valence-corrected chi connectivity index (χ4v) is 4.77. The van der Waals surface area contributed by atoms with Gasteiger partial charge in [0.25, 0.3) is 0 Å². The van der Waals surface area contributed by atoms with Crippen molar-refractivity contribution < 1.29 is 33.6 Å². The second-order valence-corrected chi connectivity index (χ2v) is 9.17. The molecule has 3 aromatic carbocycles. The summed E-state index contributed by atoms with van der Waals surface area (Å²) >= 11 is 0. The molecular formula is C30H33NO7. The van der Waals surface area contributed by atoms with E-state index in [9.17, 15) is 9.59 Å². The lowest BCUT2D eigenvalue weighted by Gasteiger charge is -2.22. The van der Waals surface area contributed by atoms with Crippen molar-refractivity contribution in [3.63, 3.8) is 0 Å². The van der Waals surface area contributed by atoms with Crippen LogP contribution in [0.4, 0.5) is 4.79 Å². The van der Waals surface area contributed by atoms with Gasteiger partial charge in [-0.25, -0.2) is 4.79 Å². The second-order valence-electron chi connectivity index (χ2n) is 9.17. The molecule has 0 unspecified atom stereocenters. The van der Waals surface area contributed by atoms with Crippen molar-refractivity contribution in [3.8, 4) is 28.4 Å². The Bertz CT molecular complexity index is 1220. The minimum absolute atomic E-state index is 0.0178. The van der Waals surface area contributed by atoms with Crippen molar-refractivity contribution >= 4 is 12.1 Å². The summed E-state index contributed by atoms with van der Waals surface area (Å²) < 4.78 is 22.7. The highest BCUT2D eigenvalue weighted by Crippen LogP contribution is 2.44. The summed E-state index contributed by atoms with van der Waals surface area (Å²) in [6, 6.07) is 19.9. The maximum absolute atomic E-state index is 13.0. The molecule has 3 aromatic rings. The number of fused-ring (bicyclic) bond motifs is 3. The molecule has 0 aliphatic heterocycles. The number of aliphatic carboxylic acids is 1. The van der Waals surface area contributed by atoms with Crippen LogP contribution in [0.2, 0.25) is 0 Å². The molecule has 0 fully saturated rings. The number of nitrogens with zero attached hydrogens (tertiary/aromatic N) is 1. The van der Waals surface area contributed by atoms with E-state index in [2.05, 4.69) is 24.3 Å². The number of hydrogen-bond acceptors (Lipinski definition) is 6. The first kappa shape index (κ1) is 26.9. The molecule has 4 rings (SSSR count). The minimum atomic E-state index is -0.821. The van der Waals surface area contributed by atoms with E-state index < -0.39 is 12.1 Å². The fraction of sp³-hybridized carbons (Fsp3) is 0.333. The van der Waals surface area contributed by atoms with Crippen LogP contribution in [-0.2, 0) is 16.1 Å². The van der Waals surface area contributed by atoms with Gasteiger partial charge in [-0.15, -0.1) is 0 Å². The number of rotatable bonds is 12. The van der Waals surface area contributed by atoms with Crippen molar-refractivity contribution in [2.75, 3.05) is 34.5 Å². The van der Waals surface area contributed by atoms with Gasteiger partial charge in [-0.3, -0.25) is 4.79 Å². The van der Waals surface area contributed by atoms with E-state index in [-0.39, 0.29) is 25.5 Å². The van der Waals surface area contributed by atoms with E-state index in [1.54, 1.807) is 33.4 Å². The van der Waals surface area contributed by atoms with Crippen molar-refractivity contribution in [2.24, 2.45) is 0 Å². The number of hydrogen-bond donors (Lipinski definition) is 1. The molecular weight excluding hydrogens is 486 g/mol. The molecule has 8 nitrogen and oxygen atoms in total. The molecule has 1 aliphatic rings. The molecule has 0 radical (unpaired) electrons. The molecule has 1 N–H and O–H groups in total. The number of carbonyl (C=O) groups excluding carboxylic acids is 1. The molecule has 8 heteroatoms. The average molecular weight is 520 g/mol. The first-order valence-electron chi connectivity index (χ1n) is 12.6. The van der Waals surface area contributed by atoms with Gasteiger partial charge in [0.15, 0.2) is 0 Å². The monoisotopic (exact) mass is 519 g/mol. The topological polar surface area (TPSA) is 94.5 Å². The number of carboxylic acid groups (broad SMARTS) is 1. The molecule has 0 bridgehead atoms. The second kappa shape index (κ2) is 12.4. The maximum Gasteiger partial charge on any atom is 0.409 e. The Labute approximate surface area is 222 Å². The summed E-state index contributed by atoms with van der Waals surface area (Å²) in [5, 5.41) is 8.76. The number of carboxylic acids is 1. The molecule has 1 amide bonds. The molecule has 0 heterocycles. The lowest BCUT2D eigenvalue weighted by molar-refractivity contribution is -0.137. The van der Waals surface area contributed by atoms with Gasteiger partial charge in [-0.1, -0.05) is 48.5 Å². The lowest BCUT2D eigenvalue weighted by Crippen LogP contribution is -2.28. The standard InChI is InChI=1S/C30H33NO7/c1-31(18-25-27(35-2)16-20(17-28(25)36-3)37-15-9-8-14-29(32)33)30(34)38-19-26-23-12-6-4-10-21(23)22-11-5-7-13-24(22)26/h4-7,10-13,16-17,26H,8-9,14-15,18-19H2,1-3H3,(H,32,33). The maximum atomic E-state index is 13.0. The van der Waals surface area contributed by atoms with Crippen LogP contribution in [0, 0.1) is 0 Å². The first-order valence-corrected chi connectivity index (χ1v) is 12.6. The Kier molecular flexibility index (Phi) is 8.73. The minimum Gasteiger partial charge on any atom is -0.496 e. The van der Waals surface area contributed by atoms with Crippen molar-refractivity contribution in [2.45, 2.75) is 31.7 Å². The highest BCUT2D eigenvalue weighted by atomic mass is 16.6. The van der Waals surface area contributed by atoms with Gasteiger partial charge in [-0.05, 0) is 35.1 Å². The summed E-state index contributed by atoms with van der Waals surface area (Å²) in [5.74, 6) is 0.738. The van der Waals surface area contributed by atoms with E-state index >= 15 is 0 Å². The van der Waals surface area contributed by atoms with Gasteiger partial charge < -0.3 is 29.0 Å². The molecule has 0 saturated carbocycles. The molecule has 1 aliphatic carbocycles. The normalized spacial score (nSPS) is 11.9. The van der Waals surface area contributed by atoms with Crippen LogP contribution >= 0.6 is 0 Å². The summed E-state index contributed by atoms with van der Waals surface area (Å²) in [6.07, 6.45) is 0.808. The number of carbonyl (C=O) groups is 2. The number of benzene rings is 3. The molecule has 38 heavy (non-hydrogen) atoms. The number of amides is 1. The van der Waals surface area contributed by atoms with Crippen LogP contribution in [0.5, 0.6) is 17.2 Å². The average Bonchev–Trinajstić information content (AvgIpc) is 3.25. The van der Waals surface area contributed by atoms with E-state index in [0.29, 0.717) is 42.3 Å². The van der Waals surface area contributed by atoms with Crippen LogP contribution in [0.1, 0.15) is 41.9 Å². The Morgan fingerprint density at radius 2 is 1.47 bits per heavy atom. The summed E-state index contributed by atoms with van der Waals surface area (Å²) in [7, 11) is 4.76. The van der Waals surface area contributed by atoms with Gasteiger partial charge in [0.2, 0.25) is 0 Å². The van der Waals surface area contributed by atoms with E-state index in [4.69, 9.17) is 24.1 Å². The Hall–Kier alpha value is -4.20. The third-order valence-corrected chi connectivity index (χ3v) is 6.68. The van der Waals surface area contributed by atoms with E-state index in [1.807, 2.05) is 24.3 Å².